The molecule has 3 heteroatoms. The Morgan fingerprint density at radius 1 is 1.29 bits per heavy atom. The van der Waals surface area contributed by atoms with E-state index in [1.807, 2.05) is 0 Å². The summed E-state index contributed by atoms with van der Waals surface area (Å²) >= 11 is 0. The van der Waals surface area contributed by atoms with Gasteiger partial charge in [-0.25, -0.2) is 0 Å². The maximum absolute atomic E-state index is 5.96. The Labute approximate surface area is 106 Å². The van der Waals surface area contributed by atoms with Crippen LogP contribution in [0.2, 0.25) is 0 Å². The Balaban J connectivity index is 2.01. The zero-order chi connectivity index (χ0) is 12.3. The quantitative estimate of drug-likeness (QED) is 0.821. The number of nitrogens with two attached hydrogens (primary N) is 1. The van der Waals surface area contributed by atoms with E-state index in [4.69, 9.17) is 10.5 Å². The molecular formula is C14H28N2O. The van der Waals surface area contributed by atoms with Gasteiger partial charge in [0.2, 0.25) is 0 Å². The van der Waals surface area contributed by atoms with Crippen molar-refractivity contribution < 1.29 is 4.74 Å². The summed E-state index contributed by atoms with van der Waals surface area (Å²) < 4.78 is 5.79. The van der Waals surface area contributed by atoms with E-state index >= 15 is 0 Å². The summed E-state index contributed by atoms with van der Waals surface area (Å²) in [5.41, 5.74) is 5.96. The summed E-state index contributed by atoms with van der Waals surface area (Å²) in [5.74, 6) is 0. The molecule has 2 fully saturated rings. The number of hydrogen-bond donors (Lipinski definition) is 1. The first-order chi connectivity index (χ1) is 8.26. The molecule has 0 aromatic rings. The molecular weight excluding hydrogens is 212 g/mol. The molecule has 0 saturated carbocycles. The minimum Gasteiger partial charge on any atom is -0.378 e. The average Bonchev–Trinajstić information content (AvgIpc) is 2.38. The van der Waals surface area contributed by atoms with Crippen LogP contribution in [0.5, 0.6) is 0 Å². The van der Waals surface area contributed by atoms with Crippen molar-refractivity contribution in [3.63, 3.8) is 0 Å². The molecule has 2 N–H and O–H groups in total. The van der Waals surface area contributed by atoms with Gasteiger partial charge in [-0.15, -0.1) is 0 Å². The van der Waals surface area contributed by atoms with Gasteiger partial charge < -0.3 is 10.5 Å². The monoisotopic (exact) mass is 240 g/mol. The summed E-state index contributed by atoms with van der Waals surface area (Å²) in [6.07, 6.45) is 7.99. The van der Waals surface area contributed by atoms with E-state index in [1.165, 1.54) is 32.1 Å². The summed E-state index contributed by atoms with van der Waals surface area (Å²) in [6, 6.07) is 2.02. The normalized spacial score (nSPS) is 40.4. The van der Waals surface area contributed by atoms with Crippen LogP contribution < -0.4 is 5.73 Å². The molecule has 0 aromatic heterocycles. The van der Waals surface area contributed by atoms with Gasteiger partial charge in [0.1, 0.15) is 0 Å². The van der Waals surface area contributed by atoms with Crippen molar-refractivity contribution in [2.75, 3.05) is 13.2 Å². The van der Waals surface area contributed by atoms with Gasteiger partial charge in [-0.3, -0.25) is 4.90 Å². The Bertz CT molecular complexity index is 234. The van der Waals surface area contributed by atoms with Crippen LogP contribution in [0.1, 0.15) is 52.4 Å². The fraction of sp³-hybridized carbons (Fsp3) is 1.00. The average molecular weight is 240 g/mol. The highest BCUT2D eigenvalue weighted by molar-refractivity contribution is 4.90. The van der Waals surface area contributed by atoms with Crippen molar-refractivity contribution in [1.29, 1.82) is 0 Å². The Morgan fingerprint density at radius 2 is 2.12 bits per heavy atom. The van der Waals surface area contributed by atoms with Crippen LogP contribution in [-0.2, 0) is 4.74 Å². The van der Waals surface area contributed by atoms with E-state index in [1.54, 1.807) is 0 Å². The van der Waals surface area contributed by atoms with Crippen LogP contribution in [0, 0.1) is 0 Å². The topological polar surface area (TPSA) is 38.5 Å². The van der Waals surface area contributed by atoms with Gasteiger partial charge in [0, 0.05) is 31.3 Å². The summed E-state index contributed by atoms with van der Waals surface area (Å²) in [4.78, 5) is 2.72. The predicted octanol–water partition coefficient (Wildman–Crippen LogP) is 2.15. The summed E-state index contributed by atoms with van der Waals surface area (Å²) in [6.45, 7) is 6.35. The molecule has 2 aliphatic rings. The third-order valence-electron chi connectivity index (χ3n) is 4.58. The maximum Gasteiger partial charge on any atom is 0.0587 e. The Morgan fingerprint density at radius 3 is 2.82 bits per heavy atom. The molecule has 0 spiro atoms. The molecule has 2 aliphatic heterocycles. The van der Waals surface area contributed by atoms with Crippen molar-refractivity contribution in [2.24, 2.45) is 5.73 Å². The molecule has 4 unspecified atom stereocenters. The van der Waals surface area contributed by atoms with Gasteiger partial charge in [-0.2, -0.15) is 0 Å². The second-order valence-corrected chi connectivity index (χ2v) is 5.70. The lowest BCUT2D eigenvalue weighted by Gasteiger charge is -2.47. The summed E-state index contributed by atoms with van der Waals surface area (Å²) in [5, 5.41) is 0. The van der Waals surface area contributed by atoms with E-state index in [0.29, 0.717) is 24.2 Å². The van der Waals surface area contributed by atoms with Crippen molar-refractivity contribution in [2.45, 2.75) is 76.6 Å². The minimum atomic E-state index is 0.473. The van der Waals surface area contributed by atoms with Crippen LogP contribution in [0.4, 0.5) is 0 Å². The Kier molecular flexibility index (Phi) is 4.83. The molecule has 0 aliphatic carbocycles. The number of likely N-dealkylation sites (tertiary alicyclic amines) is 1. The number of ether oxygens (including phenoxy) is 1. The zero-order valence-corrected chi connectivity index (χ0v) is 11.4. The molecule has 2 rings (SSSR count). The second kappa shape index (κ2) is 6.17. The molecule has 0 amide bonds. The summed E-state index contributed by atoms with van der Waals surface area (Å²) in [7, 11) is 0. The Hall–Kier alpha value is -0.120. The molecule has 0 bridgehead atoms. The first-order valence-corrected chi connectivity index (χ1v) is 7.35. The molecule has 3 nitrogen and oxygen atoms in total. The van der Waals surface area contributed by atoms with Crippen molar-refractivity contribution in [1.82, 2.24) is 4.90 Å². The maximum atomic E-state index is 5.96. The van der Waals surface area contributed by atoms with Crippen LogP contribution in [0.3, 0.4) is 0 Å². The lowest BCUT2D eigenvalue weighted by molar-refractivity contribution is -0.0567. The molecule has 17 heavy (non-hydrogen) atoms. The predicted molar refractivity (Wildman–Crippen MR) is 71.0 cm³/mol. The van der Waals surface area contributed by atoms with Crippen molar-refractivity contribution in [3.8, 4) is 0 Å². The van der Waals surface area contributed by atoms with Crippen molar-refractivity contribution in [3.05, 3.63) is 0 Å². The zero-order valence-electron chi connectivity index (χ0n) is 11.4. The highest BCUT2D eigenvalue weighted by Gasteiger charge is 2.35. The minimum absolute atomic E-state index is 0.473. The van der Waals surface area contributed by atoms with Crippen molar-refractivity contribution >= 4 is 0 Å². The second-order valence-electron chi connectivity index (χ2n) is 5.70. The van der Waals surface area contributed by atoms with Crippen LogP contribution in [-0.4, -0.2) is 42.3 Å². The first kappa shape index (κ1) is 13.3. The van der Waals surface area contributed by atoms with Crippen LogP contribution >= 0.6 is 0 Å². The number of nitrogens with zero attached hydrogens (tertiary/aromatic N) is 1. The standard InChI is InChI=1S/C14H28N2O/c1-3-14-9-12(7-8-17-14)16-11(2)5-4-6-13(16)10-15/h11-14H,3-10,15H2,1-2H3. The van der Waals surface area contributed by atoms with E-state index in [-0.39, 0.29) is 0 Å². The van der Waals surface area contributed by atoms with Crippen LogP contribution in [0.15, 0.2) is 0 Å². The van der Waals surface area contributed by atoms with Gasteiger partial charge in [-0.1, -0.05) is 13.3 Å². The van der Waals surface area contributed by atoms with E-state index in [9.17, 15) is 0 Å². The third kappa shape index (κ3) is 3.01. The molecule has 4 atom stereocenters. The smallest absolute Gasteiger partial charge is 0.0587 e. The van der Waals surface area contributed by atoms with E-state index < -0.39 is 0 Å². The third-order valence-corrected chi connectivity index (χ3v) is 4.58. The number of piperidine rings is 1. The largest absolute Gasteiger partial charge is 0.378 e. The van der Waals surface area contributed by atoms with Gasteiger partial charge in [0.25, 0.3) is 0 Å². The lowest BCUT2D eigenvalue weighted by atomic mass is 9.90. The molecule has 0 radical (unpaired) electrons. The highest BCUT2D eigenvalue weighted by atomic mass is 16.5. The number of hydrogen-bond acceptors (Lipinski definition) is 3. The van der Waals surface area contributed by atoms with Gasteiger partial charge in [-0.05, 0) is 39.0 Å². The van der Waals surface area contributed by atoms with Gasteiger partial charge in [0.15, 0.2) is 0 Å². The van der Waals surface area contributed by atoms with Gasteiger partial charge in [0.05, 0.1) is 6.10 Å². The first-order valence-electron chi connectivity index (χ1n) is 7.35. The SMILES string of the molecule is CCC1CC(N2C(C)CCCC2CN)CCO1. The molecule has 2 heterocycles. The van der Waals surface area contributed by atoms with Gasteiger partial charge >= 0.3 is 0 Å². The fourth-order valence-corrected chi connectivity index (χ4v) is 3.62. The lowest BCUT2D eigenvalue weighted by Crippen LogP contribution is -2.55. The molecule has 100 valence electrons. The van der Waals surface area contributed by atoms with Crippen LogP contribution in [0.25, 0.3) is 0 Å². The highest BCUT2D eigenvalue weighted by Crippen LogP contribution is 2.30. The van der Waals surface area contributed by atoms with E-state index in [0.717, 1.165) is 19.6 Å². The number of rotatable bonds is 3. The molecule has 0 aromatic carbocycles. The fourth-order valence-electron chi connectivity index (χ4n) is 3.62. The van der Waals surface area contributed by atoms with E-state index in [2.05, 4.69) is 18.7 Å². The molecule has 2 saturated heterocycles.